The molecule has 0 bridgehead atoms. The highest BCUT2D eigenvalue weighted by Crippen LogP contribution is 2.29. The van der Waals surface area contributed by atoms with Crippen molar-refractivity contribution >= 4 is 11.7 Å². The van der Waals surface area contributed by atoms with Gasteiger partial charge in [0.15, 0.2) is 0 Å². The summed E-state index contributed by atoms with van der Waals surface area (Å²) in [5, 5.41) is 14.6. The predicted octanol–water partition coefficient (Wildman–Crippen LogP) is 3.55. The third-order valence-corrected chi connectivity index (χ3v) is 3.86. The second kappa shape index (κ2) is 8.21. The third kappa shape index (κ3) is 4.39. The predicted molar refractivity (Wildman–Crippen MR) is 90.5 cm³/mol. The quantitative estimate of drug-likeness (QED) is 0.477. The van der Waals surface area contributed by atoms with Crippen LogP contribution in [0.15, 0.2) is 54.6 Å². The zero-order chi connectivity index (χ0) is 17.5. The van der Waals surface area contributed by atoms with Crippen molar-refractivity contribution < 1.29 is 14.5 Å². The van der Waals surface area contributed by atoms with Gasteiger partial charge in [-0.3, -0.25) is 14.9 Å². The number of methoxy groups -OCH3 is 1. The lowest BCUT2D eigenvalue weighted by Gasteiger charge is -2.23. The molecule has 2 rings (SSSR count). The molecule has 0 fully saturated rings. The second-order valence-corrected chi connectivity index (χ2v) is 5.45. The molecule has 0 saturated heterocycles. The fraction of sp³-hybridized carbons (Fsp3) is 0.278. The number of benzene rings is 2. The Hall–Kier alpha value is -2.73. The van der Waals surface area contributed by atoms with Crippen LogP contribution in [0, 0.1) is 10.1 Å². The minimum absolute atomic E-state index is 0.0124. The molecule has 2 atom stereocenters. The molecule has 6 nitrogen and oxygen atoms in total. The summed E-state index contributed by atoms with van der Waals surface area (Å²) in [4.78, 5) is 22.6. The van der Waals surface area contributed by atoms with Crippen LogP contribution in [-0.4, -0.2) is 18.0 Å². The molecular formula is C18H20N2O4. The summed E-state index contributed by atoms with van der Waals surface area (Å²) in [6.07, 6.45) is 0.0124. The van der Waals surface area contributed by atoms with Crippen LogP contribution in [0.4, 0.5) is 5.69 Å². The lowest BCUT2D eigenvalue weighted by Crippen LogP contribution is -2.27. The molecule has 0 saturated carbocycles. The molecule has 0 spiro atoms. The van der Waals surface area contributed by atoms with Gasteiger partial charge < -0.3 is 10.1 Å². The maximum atomic E-state index is 11.8. The molecule has 6 heteroatoms. The van der Waals surface area contributed by atoms with Gasteiger partial charge in [-0.15, -0.1) is 0 Å². The van der Waals surface area contributed by atoms with Crippen LogP contribution in [0.1, 0.15) is 36.6 Å². The molecule has 0 heterocycles. The van der Waals surface area contributed by atoms with E-state index in [1.807, 2.05) is 37.3 Å². The Morgan fingerprint density at radius 2 is 1.79 bits per heavy atom. The molecule has 126 valence electrons. The number of ether oxygens (including phenoxy) is 1. The van der Waals surface area contributed by atoms with Gasteiger partial charge in [-0.1, -0.05) is 48.5 Å². The largest absolute Gasteiger partial charge is 0.469 e. The van der Waals surface area contributed by atoms with Crippen molar-refractivity contribution in [1.82, 2.24) is 5.32 Å². The van der Waals surface area contributed by atoms with E-state index in [0.717, 1.165) is 5.56 Å². The topological polar surface area (TPSA) is 81.5 Å². The lowest BCUT2D eigenvalue weighted by atomic mass is 9.99. The van der Waals surface area contributed by atoms with Crippen molar-refractivity contribution in [2.75, 3.05) is 7.11 Å². The van der Waals surface area contributed by atoms with E-state index in [0.29, 0.717) is 5.56 Å². The Labute approximate surface area is 140 Å². The normalized spacial score (nSPS) is 13.1. The van der Waals surface area contributed by atoms with Crippen LogP contribution >= 0.6 is 0 Å². The van der Waals surface area contributed by atoms with E-state index in [4.69, 9.17) is 4.74 Å². The van der Waals surface area contributed by atoms with Gasteiger partial charge in [0.1, 0.15) is 0 Å². The number of hydrogen-bond acceptors (Lipinski definition) is 5. The van der Waals surface area contributed by atoms with Crippen molar-refractivity contribution in [2.45, 2.75) is 25.4 Å². The van der Waals surface area contributed by atoms with Crippen LogP contribution in [0.3, 0.4) is 0 Å². The third-order valence-electron chi connectivity index (χ3n) is 3.86. The average Bonchev–Trinajstić information content (AvgIpc) is 2.61. The highest BCUT2D eigenvalue weighted by atomic mass is 16.6. The van der Waals surface area contributed by atoms with Gasteiger partial charge in [-0.25, -0.2) is 0 Å². The summed E-state index contributed by atoms with van der Waals surface area (Å²) in [6, 6.07) is 15.5. The van der Waals surface area contributed by atoms with Crippen molar-refractivity contribution in [2.24, 2.45) is 0 Å². The van der Waals surface area contributed by atoms with E-state index >= 15 is 0 Å². The molecule has 0 aliphatic rings. The fourth-order valence-corrected chi connectivity index (χ4v) is 2.60. The number of carbonyl (C=O) groups is 1. The zero-order valence-electron chi connectivity index (χ0n) is 13.6. The highest BCUT2D eigenvalue weighted by Gasteiger charge is 2.25. The second-order valence-electron chi connectivity index (χ2n) is 5.45. The molecule has 0 aliphatic heterocycles. The summed E-state index contributed by atoms with van der Waals surface area (Å²) in [7, 11) is 1.30. The first-order chi connectivity index (χ1) is 11.5. The first-order valence-corrected chi connectivity index (χ1v) is 7.64. The molecular weight excluding hydrogens is 308 g/mol. The number of nitro benzene ring substituents is 1. The summed E-state index contributed by atoms with van der Waals surface area (Å²) in [6.45, 7) is 1.95. The fourth-order valence-electron chi connectivity index (χ4n) is 2.60. The summed E-state index contributed by atoms with van der Waals surface area (Å²) >= 11 is 0. The minimum atomic E-state index is -0.519. The lowest BCUT2D eigenvalue weighted by molar-refractivity contribution is -0.385. The molecule has 2 aromatic carbocycles. The molecule has 0 aromatic heterocycles. The van der Waals surface area contributed by atoms with Gasteiger partial charge in [-0.05, 0) is 12.5 Å². The van der Waals surface area contributed by atoms with Crippen LogP contribution < -0.4 is 5.32 Å². The number of esters is 1. The van der Waals surface area contributed by atoms with Crippen molar-refractivity contribution in [3.8, 4) is 0 Å². The smallest absolute Gasteiger partial charge is 0.307 e. The average molecular weight is 328 g/mol. The summed E-state index contributed by atoms with van der Waals surface area (Å²) in [5.41, 5.74) is 1.49. The van der Waals surface area contributed by atoms with E-state index < -0.39 is 16.9 Å². The molecule has 1 N–H and O–H groups in total. The van der Waals surface area contributed by atoms with Crippen LogP contribution in [0.5, 0.6) is 0 Å². The van der Waals surface area contributed by atoms with E-state index in [9.17, 15) is 14.9 Å². The van der Waals surface area contributed by atoms with E-state index in [1.165, 1.54) is 13.2 Å². The maximum Gasteiger partial charge on any atom is 0.307 e. The van der Waals surface area contributed by atoms with Crippen LogP contribution in [0.2, 0.25) is 0 Å². The number of carbonyl (C=O) groups excluding carboxylic acids is 1. The van der Waals surface area contributed by atoms with Gasteiger partial charge in [0, 0.05) is 23.7 Å². The Bertz CT molecular complexity index is 703. The maximum absolute atomic E-state index is 11.8. The Kier molecular flexibility index (Phi) is 6.03. The number of para-hydroxylation sites is 1. The molecule has 0 unspecified atom stereocenters. The van der Waals surface area contributed by atoms with Crippen molar-refractivity contribution in [3.63, 3.8) is 0 Å². The molecule has 0 aliphatic carbocycles. The SMILES string of the molecule is COC(=O)C[C@@H](N[C@H](C)c1ccccc1)c1ccccc1[N+](=O)[O-]. The van der Waals surface area contributed by atoms with E-state index in [1.54, 1.807) is 18.2 Å². The number of hydrogen-bond donors (Lipinski definition) is 1. The van der Waals surface area contributed by atoms with Crippen LogP contribution in [-0.2, 0) is 9.53 Å². The standard InChI is InChI=1S/C18H20N2O4/c1-13(14-8-4-3-5-9-14)19-16(12-18(21)24-2)15-10-6-7-11-17(15)20(22)23/h3-11,13,16,19H,12H2,1-2H3/t13-,16-/m1/s1. The Morgan fingerprint density at radius 3 is 2.42 bits per heavy atom. The van der Waals surface area contributed by atoms with Gasteiger partial charge in [0.2, 0.25) is 0 Å². The summed E-state index contributed by atoms with van der Waals surface area (Å²) < 4.78 is 4.74. The monoisotopic (exact) mass is 328 g/mol. The van der Waals surface area contributed by atoms with Gasteiger partial charge >= 0.3 is 5.97 Å². The van der Waals surface area contributed by atoms with Crippen molar-refractivity contribution in [3.05, 3.63) is 75.8 Å². The zero-order valence-corrected chi connectivity index (χ0v) is 13.6. The van der Waals surface area contributed by atoms with Gasteiger partial charge in [-0.2, -0.15) is 0 Å². The van der Waals surface area contributed by atoms with Gasteiger partial charge in [0.05, 0.1) is 18.5 Å². The Balaban J connectivity index is 2.32. The van der Waals surface area contributed by atoms with E-state index in [-0.39, 0.29) is 18.2 Å². The number of nitrogens with one attached hydrogen (secondary N) is 1. The van der Waals surface area contributed by atoms with Gasteiger partial charge in [0.25, 0.3) is 5.69 Å². The summed E-state index contributed by atoms with van der Waals surface area (Å²) in [5.74, 6) is -0.425. The molecule has 0 amide bonds. The molecule has 2 aromatic rings. The molecule has 0 radical (unpaired) electrons. The van der Waals surface area contributed by atoms with Crippen molar-refractivity contribution in [1.29, 1.82) is 0 Å². The highest BCUT2D eigenvalue weighted by molar-refractivity contribution is 5.70. The van der Waals surface area contributed by atoms with Crippen LogP contribution in [0.25, 0.3) is 0 Å². The number of rotatable bonds is 7. The first kappa shape index (κ1) is 17.6. The molecule has 24 heavy (non-hydrogen) atoms. The number of nitro groups is 1. The minimum Gasteiger partial charge on any atom is -0.469 e. The number of nitrogens with zero attached hydrogens (tertiary/aromatic N) is 1. The van der Waals surface area contributed by atoms with E-state index in [2.05, 4.69) is 5.32 Å². The first-order valence-electron chi connectivity index (χ1n) is 7.64. The Morgan fingerprint density at radius 1 is 1.17 bits per heavy atom.